The monoisotopic (exact) mass is 404 g/mol. The van der Waals surface area contributed by atoms with Gasteiger partial charge in [-0.2, -0.15) is 0 Å². The van der Waals surface area contributed by atoms with Crippen LogP contribution in [0.15, 0.2) is 48.5 Å². The molecule has 28 heavy (non-hydrogen) atoms. The second kappa shape index (κ2) is 9.55. The van der Waals surface area contributed by atoms with Crippen molar-refractivity contribution in [2.75, 3.05) is 19.7 Å². The number of rotatable bonds is 6. The average molecular weight is 405 g/mol. The molecule has 0 aromatic heterocycles. The Labute approximate surface area is 168 Å². The number of halogens is 2. The van der Waals surface area contributed by atoms with Gasteiger partial charge in [0.2, 0.25) is 5.91 Å². The predicted octanol–water partition coefficient (Wildman–Crippen LogP) is 3.21. The third-order valence-electron chi connectivity index (χ3n) is 4.67. The number of nitrogens with zero attached hydrogens (tertiary/aromatic N) is 1. The Bertz CT molecular complexity index is 803. The topological polar surface area (TPSA) is 58.6 Å². The van der Waals surface area contributed by atoms with Crippen molar-refractivity contribution in [2.24, 2.45) is 0 Å². The Morgan fingerprint density at radius 1 is 1.07 bits per heavy atom. The summed E-state index contributed by atoms with van der Waals surface area (Å²) < 4.78 is 18.4. The van der Waals surface area contributed by atoms with Crippen LogP contribution in [0.25, 0.3) is 0 Å². The van der Waals surface area contributed by atoms with Crippen molar-refractivity contribution in [3.05, 3.63) is 64.9 Å². The Balaban J connectivity index is 1.38. The van der Waals surface area contributed by atoms with Gasteiger partial charge in [0, 0.05) is 24.2 Å². The van der Waals surface area contributed by atoms with E-state index >= 15 is 0 Å². The van der Waals surface area contributed by atoms with E-state index in [9.17, 15) is 14.0 Å². The lowest BCUT2D eigenvalue weighted by molar-refractivity contribution is -0.134. The predicted molar refractivity (Wildman–Crippen MR) is 105 cm³/mol. The number of ether oxygens (including phenoxy) is 1. The Hall–Kier alpha value is -2.60. The first-order valence-electron chi connectivity index (χ1n) is 9.19. The first-order chi connectivity index (χ1) is 13.5. The van der Waals surface area contributed by atoms with Gasteiger partial charge in [-0.25, -0.2) is 4.39 Å². The highest BCUT2D eigenvalue weighted by atomic mass is 35.5. The van der Waals surface area contributed by atoms with E-state index in [0.717, 1.165) is 5.56 Å². The Kier molecular flexibility index (Phi) is 6.87. The maximum Gasteiger partial charge on any atom is 0.260 e. The van der Waals surface area contributed by atoms with Gasteiger partial charge < -0.3 is 15.0 Å². The molecule has 5 nitrogen and oxygen atoms in total. The number of hydrogen-bond acceptors (Lipinski definition) is 3. The van der Waals surface area contributed by atoms with Gasteiger partial charge >= 0.3 is 0 Å². The van der Waals surface area contributed by atoms with Crippen LogP contribution in [0.1, 0.15) is 18.4 Å². The molecule has 2 aromatic carbocycles. The zero-order valence-corrected chi connectivity index (χ0v) is 16.1. The summed E-state index contributed by atoms with van der Waals surface area (Å²) in [6, 6.07) is 12.8. The lowest BCUT2D eigenvalue weighted by Gasteiger charge is -2.32. The fraction of sp³-hybridized carbons (Fsp3) is 0.333. The molecule has 2 aromatic rings. The molecule has 148 valence electrons. The van der Waals surface area contributed by atoms with Gasteiger partial charge in [-0.15, -0.1) is 0 Å². The van der Waals surface area contributed by atoms with Crippen molar-refractivity contribution in [1.82, 2.24) is 10.2 Å². The second-order valence-electron chi connectivity index (χ2n) is 6.77. The van der Waals surface area contributed by atoms with Gasteiger partial charge in [0.1, 0.15) is 11.6 Å². The third-order valence-corrected chi connectivity index (χ3v) is 4.92. The largest absolute Gasteiger partial charge is 0.484 e. The maximum absolute atomic E-state index is 12.9. The number of benzene rings is 2. The highest BCUT2D eigenvalue weighted by Crippen LogP contribution is 2.16. The first kappa shape index (κ1) is 20.1. The molecule has 0 radical (unpaired) electrons. The van der Waals surface area contributed by atoms with E-state index < -0.39 is 0 Å². The second-order valence-corrected chi connectivity index (χ2v) is 7.20. The zero-order valence-electron chi connectivity index (χ0n) is 15.4. The molecule has 1 aliphatic heterocycles. The minimum Gasteiger partial charge on any atom is -0.484 e. The van der Waals surface area contributed by atoms with E-state index in [1.165, 1.54) is 12.1 Å². The van der Waals surface area contributed by atoms with Crippen molar-refractivity contribution < 1.29 is 18.7 Å². The fourth-order valence-corrected chi connectivity index (χ4v) is 3.23. The molecular formula is C21H22ClFN2O3. The summed E-state index contributed by atoms with van der Waals surface area (Å²) in [5, 5.41) is 3.60. The number of carbonyl (C=O) groups is 2. The van der Waals surface area contributed by atoms with E-state index in [1.54, 1.807) is 41.3 Å². The number of nitrogens with one attached hydrogen (secondary N) is 1. The lowest BCUT2D eigenvalue weighted by Crippen LogP contribution is -2.48. The minimum atomic E-state index is -0.318. The molecule has 2 amide bonds. The molecule has 0 atom stereocenters. The smallest absolute Gasteiger partial charge is 0.260 e. The van der Waals surface area contributed by atoms with Crippen molar-refractivity contribution in [3.8, 4) is 5.75 Å². The van der Waals surface area contributed by atoms with Crippen LogP contribution in [0.4, 0.5) is 4.39 Å². The molecule has 1 N–H and O–H groups in total. The van der Waals surface area contributed by atoms with Crippen LogP contribution in [0, 0.1) is 5.82 Å². The summed E-state index contributed by atoms with van der Waals surface area (Å²) in [4.78, 5) is 26.2. The van der Waals surface area contributed by atoms with Crippen LogP contribution < -0.4 is 10.1 Å². The van der Waals surface area contributed by atoms with Gasteiger partial charge in [-0.05, 0) is 54.8 Å². The van der Waals surface area contributed by atoms with E-state index in [0.29, 0.717) is 36.7 Å². The molecule has 0 aliphatic carbocycles. The van der Waals surface area contributed by atoms with Crippen LogP contribution in [-0.2, 0) is 16.0 Å². The standard InChI is InChI=1S/C21H22ClFN2O3/c22-16-3-7-19(8-4-16)28-14-21(27)25-11-9-18(10-12-25)24-20(26)13-15-1-5-17(23)6-2-15/h1-8,18H,9-14H2,(H,24,26). The number of likely N-dealkylation sites (tertiary alicyclic amines) is 1. The van der Waals surface area contributed by atoms with E-state index in [-0.39, 0.29) is 36.7 Å². The summed E-state index contributed by atoms with van der Waals surface area (Å²) in [5.41, 5.74) is 0.769. The summed E-state index contributed by atoms with van der Waals surface area (Å²) in [7, 11) is 0. The van der Waals surface area contributed by atoms with Gasteiger partial charge in [-0.3, -0.25) is 9.59 Å². The molecule has 7 heteroatoms. The average Bonchev–Trinajstić information content (AvgIpc) is 2.69. The van der Waals surface area contributed by atoms with Gasteiger partial charge in [-0.1, -0.05) is 23.7 Å². The highest BCUT2D eigenvalue weighted by molar-refractivity contribution is 6.30. The minimum absolute atomic E-state index is 0.0246. The van der Waals surface area contributed by atoms with Crippen molar-refractivity contribution >= 4 is 23.4 Å². The number of piperidine rings is 1. The number of hydrogen-bond donors (Lipinski definition) is 1. The SMILES string of the molecule is O=C(Cc1ccc(F)cc1)NC1CCN(C(=O)COc2ccc(Cl)cc2)CC1. The normalized spacial score (nSPS) is 14.6. The maximum atomic E-state index is 12.9. The van der Waals surface area contributed by atoms with Crippen LogP contribution in [0.5, 0.6) is 5.75 Å². The quantitative estimate of drug-likeness (QED) is 0.804. The third kappa shape index (κ3) is 5.96. The number of carbonyl (C=O) groups excluding carboxylic acids is 2. The summed E-state index contributed by atoms with van der Waals surface area (Å²) >= 11 is 5.82. The molecule has 0 unspecified atom stereocenters. The van der Waals surface area contributed by atoms with Crippen LogP contribution in [0.2, 0.25) is 5.02 Å². The zero-order chi connectivity index (χ0) is 19.9. The molecule has 0 spiro atoms. The highest BCUT2D eigenvalue weighted by Gasteiger charge is 2.24. The molecule has 1 saturated heterocycles. The van der Waals surface area contributed by atoms with Crippen molar-refractivity contribution in [2.45, 2.75) is 25.3 Å². The fourth-order valence-electron chi connectivity index (χ4n) is 3.11. The van der Waals surface area contributed by atoms with E-state index in [1.807, 2.05) is 0 Å². The lowest BCUT2D eigenvalue weighted by atomic mass is 10.0. The molecule has 0 saturated carbocycles. The molecule has 3 rings (SSSR count). The molecular weight excluding hydrogens is 383 g/mol. The molecule has 0 bridgehead atoms. The molecule has 1 heterocycles. The van der Waals surface area contributed by atoms with Crippen LogP contribution >= 0.6 is 11.6 Å². The summed E-state index contributed by atoms with van der Waals surface area (Å²) in [6.45, 7) is 1.12. The Morgan fingerprint density at radius 3 is 2.36 bits per heavy atom. The molecule has 1 fully saturated rings. The van der Waals surface area contributed by atoms with Gasteiger partial charge in [0.25, 0.3) is 5.91 Å². The van der Waals surface area contributed by atoms with E-state index in [4.69, 9.17) is 16.3 Å². The summed E-state index contributed by atoms with van der Waals surface area (Å²) in [6.07, 6.45) is 1.61. The Morgan fingerprint density at radius 2 is 1.71 bits per heavy atom. The van der Waals surface area contributed by atoms with Crippen molar-refractivity contribution in [1.29, 1.82) is 0 Å². The van der Waals surface area contributed by atoms with Crippen LogP contribution in [-0.4, -0.2) is 42.5 Å². The van der Waals surface area contributed by atoms with Crippen molar-refractivity contribution in [3.63, 3.8) is 0 Å². The van der Waals surface area contributed by atoms with E-state index in [2.05, 4.69) is 5.32 Å². The first-order valence-corrected chi connectivity index (χ1v) is 9.57. The van der Waals surface area contributed by atoms with Crippen LogP contribution in [0.3, 0.4) is 0 Å². The number of amides is 2. The summed E-state index contributed by atoms with van der Waals surface area (Å²) in [5.74, 6) is 0.107. The van der Waals surface area contributed by atoms with Gasteiger partial charge in [0.15, 0.2) is 6.61 Å². The molecule has 1 aliphatic rings. The van der Waals surface area contributed by atoms with Gasteiger partial charge in [0.05, 0.1) is 6.42 Å².